The molecule has 0 fully saturated rings. The minimum Gasteiger partial charge on any atom is -0.481 e. The maximum absolute atomic E-state index is 11.7. The minimum absolute atomic E-state index is 0.0616. The maximum Gasteiger partial charge on any atom is 0.315 e. The Labute approximate surface area is 115 Å². The monoisotopic (exact) mass is 273 g/mol. The van der Waals surface area contributed by atoms with Crippen LogP contribution in [-0.2, 0) is 4.79 Å². The van der Waals surface area contributed by atoms with Crippen LogP contribution in [0, 0.1) is 0 Å². The summed E-state index contributed by atoms with van der Waals surface area (Å²) in [6, 6.07) is -0.319. The topological polar surface area (TPSA) is 81.7 Å². The third kappa shape index (κ3) is 9.30. The molecule has 0 aromatic heterocycles. The number of nitrogens with one attached hydrogen (secondary N) is 2. The smallest absolute Gasteiger partial charge is 0.315 e. The van der Waals surface area contributed by atoms with E-state index in [-0.39, 0.29) is 24.5 Å². The normalized spacial score (nSPS) is 13.9. The van der Waals surface area contributed by atoms with Gasteiger partial charge in [0.1, 0.15) is 0 Å². The Hall–Kier alpha value is -1.30. The van der Waals surface area contributed by atoms with Gasteiger partial charge in [0, 0.05) is 25.0 Å². The third-order valence-corrected chi connectivity index (χ3v) is 2.97. The fourth-order valence-electron chi connectivity index (χ4n) is 1.82. The quantitative estimate of drug-likeness (QED) is 0.591. The lowest BCUT2D eigenvalue weighted by Gasteiger charge is -2.24. The number of hydrogen-bond donors (Lipinski definition) is 3. The van der Waals surface area contributed by atoms with Gasteiger partial charge >= 0.3 is 12.0 Å². The number of likely N-dealkylation sites (N-methyl/N-ethyl adjacent to an activating group) is 1. The Morgan fingerprint density at radius 3 is 2.11 bits per heavy atom. The van der Waals surface area contributed by atoms with Crippen molar-refractivity contribution in [3.8, 4) is 0 Å². The Bertz CT molecular complexity index is 280. The van der Waals surface area contributed by atoms with Crippen LogP contribution in [0.3, 0.4) is 0 Å². The van der Waals surface area contributed by atoms with E-state index in [4.69, 9.17) is 5.11 Å². The Morgan fingerprint density at radius 2 is 1.63 bits per heavy atom. The van der Waals surface area contributed by atoms with Crippen molar-refractivity contribution in [3.05, 3.63) is 0 Å². The summed E-state index contributed by atoms with van der Waals surface area (Å²) < 4.78 is 0. The van der Waals surface area contributed by atoms with E-state index < -0.39 is 5.97 Å². The lowest BCUT2D eigenvalue weighted by atomic mass is 10.2. The van der Waals surface area contributed by atoms with Crippen molar-refractivity contribution < 1.29 is 14.7 Å². The Morgan fingerprint density at radius 1 is 1.11 bits per heavy atom. The SMILES string of the molecule is CCN(CC)CC(C)NC(=O)NC(C)CCC(=O)O. The van der Waals surface area contributed by atoms with Crippen molar-refractivity contribution in [2.75, 3.05) is 19.6 Å². The van der Waals surface area contributed by atoms with Crippen LogP contribution in [0.15, 0.2) is 0 Å². The molecule has 2 atom stereocenters. The van der Waals surface area contributed by atoms with Crippen LogP contribution in [0.4, 0.5) is 4.79 Å². The lowest BCUT2D eigenvalue weighted by molar-refractivity contribution is -0.137. The number of carboxylic acids is 1. The van der Waals surface area contributed by atoms with Crippen molar-refractivity contribution in [2.24, 2.45) is 0 Å². The summed E-state index contributed by atoms with van der Waals surface area (Å²) in [6.07, 6.45) is 0.504. The van der Waals surface area contributed by atoms with Crippen molar-refractivity contribution in [2.45, 2.75) is 52.6 Å². The standard InChI is InChI=1S/C13H27N3O3/c1-5-16(6-2)9-11(4)15-13(19)14-10(3)7-8-12(17)18/h10-11H,5-9H2,1-4H3,(H,17,18)(H2,14,15,19). The predicted octanol–water partition coefficient (Wildman–Crippen LogP) is 1.27. The van der Waals surface area contributed by atoms with Crippen molar-refractivity contribution in [3.63, 3.8) is 0 Å². The van der Waals surface area contributed by atoms with Gasteiger partial charge in [0.25, 0.3) is 0 Å². The molecule has 0 aromatic carbocycles. The molecular formula is C13H27N3O3. The number of carboxylic acid groups (broad SMARTS) is 1. The number of hydrogen-bond acceptors (Lipinski definition) is 3. The molecule has 0 bridgehead atoms. The predicted molar refractivity (Wildman–Crippen MR) is 75.2 cm³/mol. The van der Waals surface area contributed by atoms with Crippen molar-refractivity contribution >= 4 is 12.0 Å². The first-order valence-electron chi connectivity index (χ1n) is 6.90. The molecule has 0 aliphatic carbocycles. The number of aliphatic carboxylic acids is 1. The third-order valence-electron chi connectivity index (χ3n) is 2.97. The van der Waals surface area contributed by atoms with Gasteiger partial charge in [0.15, 0.2) is 0 Å². The first-order valence-corrected chi connectivity index (χ1v) is 6.90. The molecule has 0 spiro atoms. The second kappa shape index (κ2) is 9.61. The first kappa shape index (κ1) is 17.7. The molecule has 0 saturated carbocycles. The van der Waals surface area contributed by atoms with Gasteiger partial charge < -0.3 is 20.6 Å². The highest BCUT2D eigenvalue weighted by Gasteiger charge is 2.12. The van der Waals surface area contributed by atoms with Crippen LogP contribution in [0.25, 0.3) is 0 Å². The summed E-state index contributed by atoms with van der Waals surface area (Å²) in [5, 5.41) is 14.2. The Balaban J connectivity index is 3.92. The molecule has 0 aliphatic heterocycles. The summed E-state index contributed by atoms with van der Waals surface area (Å²) in [4.78, 5) is 24.3. The molecule has 19 heavy (non-hydrogen) atoms. The zero-order valence-electron chi connectivity index (χ0n) is 12.4. The molecule has 2 unspecified atom stereocenters. The summed E-state index contributed by atoms with van der Waals surface area (Å²) in [5.41, 5.74) is 0. The van der Waals surface area contributed by atoms with Gasteiger partial charge in [0.2, 0.25) is 0 Å². The van der Waals surface area contributed by atoms with Crippen molar-refractivity contribution in [1.82, 2.24) is 15.5 Å². The molecule has 0 rings (SSSR count). The summed E-state index contributed by atoms with van der Waals surface area (Å²) in [7, 11) is 0. The van der Waals surface area contributed by atoms with E-state index in [0.717, 1.165) is 19.6 Å². The van der Waals surface area contributed by atoms with Crippen LogP contribution in [-0.4, -0.2) is 53.7 Å². The van der Waals surface area contributed by atoms with Gasteiger partial charge in [-0.25, -0.2) is 4.79 Å². The second-order valence-electron chi connectivity index (χ2n) is 4.84. The van der Waals surface area contributed by atoms with Crippen LogP contribution < -0.4 is 10.6 Å². The summed E-state index contributed by atoms with van der Waals surface area (Å²) in [6.45, 7) is 10.7. The molecule has 0 aliphatic rings. The van der Waals surface area contributed by atoms with Gasteiger partial charge in [-0.1, -0.05) is 13.8 Å². The van der Waals surface area contributed by atoms with Crippen LogP contribution >= 0.6 is 0 Å². The average molecular weight is 273 g/mol. The maximum atomic E-state index is 11.7. The highest BCUT2D eigenvalue weighted by atomic mass is 16.4. The van der Waals surface area contributed by atoms with E-state index in [9.17, 15) is 9.59 Å². The van der Waals surface area contributed by atoms with E-state index in [1.165, 1.54) is 0 Å². The average Bonchev–Trinajstić information content (AvgIpc) is 2.33. The fraction of sp³-hybridized carbons (Fsp3) is 0.846. The van der Waals surface area contributed by atoms with Gasteiger partial charge in [0.05, 0.1) is 0 Å². The second-order valence-corrected chi connectivity index (χ2v) is 4.84. The number of amides is 2. The molecule has 3 N–H and O–H groups in total. The first-order chi connectivity index (χ1) is 8.88. The molecule has 6 heteroatoms. The van der Waals surface area contributed by atoms with Crippen LogP contribution in [0.1, 0.15) is 40.5 Å². The van der Waals surface area contributed by atoms with Gasteiger partial charge in [-0.15, -0.1) is 0 Å². The van der Waals surface area contributed by atoms with Gasteiger partial charge in [-0.3, -0.25) is 4.79 Å². The minimum atomic E-state index is -0.844. The summed E-state index contributed by atoms with van der Waals surface area (Å²) >= 11 is 0. The highest BCUT2D eigenvalue weighted by Crippen LogP contribution is 1.97. The number of urea groups is 1. The molecule has 0 radical (unpaired) electrons. The molecule has 2 amide bonds. The van der Waals surface area contributed by atoms with E-state index in [0.29, 0.717) is 6.42 Å². The zero-order valence-corrected chi connectivity index (χ0v) is 12.4. The molecule has 112 valence electrons. The fourth-order valence-corrected chi connectivity index (χ4v) is 1.82. The van der Waals surface area contributed by atoms with Crippen LogP contribution in [0.5, 0.6) is 0 Å². The van der Waals surface area contributed by atoms with Crippen molar-refractivity contribution in [1.29, 1.82) is 0 Å². The molecular weight excluding hydrogens is 246 g/mol. The number of carbonyl (C=O) groups is 2. The van der Waals surface area contributed by atoms with E-state index in [1.54, 1.807) is 6.92 Å². The summed E-state index contributed by atoms with van der Waals surface area (Å²) in [5.74, 6) is -0.844. The Kier molecular flexibility index (Phi) is 8.95. The van der Waals surface area contributed by atoms with Crippen LogP contribution in [0.2, 0.25) is 0 Å². The van der Waals surface area contributed by atoms with Gasteiger partial charge in [-0.05, 0) is 33.4 Å². The largest absolute Gasteiger partial charge is 0.481 e. The molecule has 0 saturated heterocycles. The van der Waals surface area contributed by atoms with E-state index >= 15 is 0 Å². The highest BCUT2D eigenvalue weighted by molar-refractivity contribution is 5.74. The zero-order chi connectivity index (χ0) is 14.8. The molecule has 0 heterocycles. The van der Waals surface area contributed by atoms with Gasteiger partial charge in [-0.2, -0.15) is 0 Å². The number of nitrogens with zero attached hydrogens (tertiary/aromatic N) is 1. The molecule has 0 aromatic rings. The lowest BCUT2D eigenvalue weighted by Crippen LogP contribution is -2.48. The number of rotatable bonds is 9. The number of carbonyl (C=O) groups excluding carboxylic acids is 1. The van der Waals surface area contributed by atoms with E-state index in [1.807, 2.05) is 6.92 Å². The molecule has 6 nitrogen and oxygen atoms in total. The van der Waals surface area contributed by atoms with E-state index in [2.05, 4.69) is 29.4 Å².